The van der Waals surface area contributed by atoms with Gasteiger partial charge in [0.2, 0.25) is 0 Å². The highest BCUT2D eigenvalue weighted by Crippen LogP contribution is 2.38. The molecule has 4 heteroatoms. The van der Waals surface area contributed by atoms with E-state index in [2.05, 4.69) is 64.2 Å². The summed E-state index contributed by atoms with van der Waals surface area (Å²) in [6, 6.07) is 9.58. The van der Waals surface area contributed by atoms with E-state index in [0.717, 1.165) is 17.5 Å². The molecule has 21 heavy (non-hydrogen) atoms. The molecular formula is C17H24BrNOS. The van der Waals surface area contributed by atoms with Gasteiger partial charge in [-0.05, 0) is 61.8 Å². The topological polar surface area (TPSA) is 21.3 Å². The van der Waals surface area contributed by atoms with Gasteiger partial charge in [-0.1, -0.05) is 28.1 Å². The van der Waals surface area contributed by atoms with Gasteiger partial charge in [-0.2, -0.15) is 11.8 Å². The van der Waals surface area contributed by atoms with Crippen LogP contribution in [0.4, 0.5) is 0 Å². The van der Waals surface area contributed by atoms with Gasteiger partial charge in [0.05, 0.1) is 5.60 Å². The molecule has 3 rings (SSSR count). The second-order valence-electron chi connectivity index (χ2n) is 6.28. The van der Waals surface area contributed by atoms with E-state index in [1.165, 1.54) is 36.3 Å². The van der Waals surface area contributed by atoms with E-state index in [0.29, 0.717) is 12.1 Å². The molecule has 0 amide bonds. The zero-order chi connectivity index (χ0) is 14.7. The van der Waals surface area contributed by atoms with Crippen LogP contribution in [-0.4, -0.2) is 29.8 Å². The number of hydrogen-bond acceptors (Lipinski definition) is 3. The molecule has 2 heterocycles. The molecule has 0 aromatic heterocycles. The molecule has 2 aliphatic heterocycles. The molecule has 116 valence electrons. The van der Waals surface area contributed by atoms with Crippen molar-refractivity contribution < 1.29 is 4.74 Å². The number of ether oxygens (including phenoxy) is 1. The Bertz CT molecular complexity index is 470. The van der Waals surface area contributed by atoms with Gasteiger partial charge < -0.3 is 10.1 Å². The summed E-state index contributed by atoms with van der Waals surface area (Å²) in [5, 5.41) is 3.83. The molecule has 2 aliphatic rings. The lowest BCUT2D eigenvalue weighted by atomic mass is 9.85. The highest BCUT2D eigenvalue weighted by Gasteiger charge is 2.38. The lowest BCUT2D eigenvalue weighted by molar-refractivity contribution is -0.0940. The van der Waals surface area contributed by atoms with Crippen LogP contribution in [0, 0.1) is 0 Å². The van der Waals surface area contributed by atoms with Crippen LogP contribution in [0.25, 0.3) is 0 Å². The molecule has 1 N–H and O–H groups in total. The average molecular weight is 370 g/mol. The second kappa shape index (κ2) is 7.03. The van der Waals surface area contributed by atoms with Gasteiger partial charge in [-0.25, -0.2) is 0 Å². The highest BCUT2D eigenvalue weighted by molar-refractivity contribution is 9.10. The summed E-state index contributed by atoms with van der Waals surface area (Å²) in [6.45, 7) is 3.17. The Labute approximate surface area is 140 Å². The molecule has 0 radical (unpaired) electrons. The normalized spacial score (nSPS) is 26.7. The van der Waals surface area contributed by atoms with Gasteiger partial charge in [0.1, 0.15) is 0 Å². The van der Waals surface area contributed by atoms with Crippen LogP contribution in [0.3, 0.4) is 0 Å². The maximum absolute atomic E-state index is 6.18. The predicted octanol–water partition coefficient (Wildman–Crippen LogP) is 4.54. The second-order valence-corrected chi connectivity index (χ2v) is 8.42. The van der Waals surface area contributed by atoms with E-state index in [4.69, 9.17) is 4.74 Å². The number of halogens is 1. The average Bonchev–Trinajstić information content (AvgIpc) is 2.48. The summed E-state index contributed by atoms with van der Waals surface area (Å²) in [6.07, 6.45) is 4.75. The Morgan fingerprint density at radius 3 is 2.95 bits per heavy atom. The number of benzene rings is 1. The molecular weight excluding hydrogens is 346 g/mol. The molecule has 1 aromatic carbocycles. The number of rotatable bonds is 3. The van der Waals surface area contributed by atoms with Crippen molar-refractivity contribution in [3.8, 4) is 0 Å². The van der Waals surface area contributed by atoms with E-state index >= 15 is 0 Å². The van der Waals surface area contributed by atoms with Crippen LogP contribution in [0.1, 0.15) is 44.2 Å². The summed E-state index contributed by atoms with van der Waals surface area (Å²) in [5.74, 6) is 2.52. The maximum atomic E-state index is 6.18. The van der Waals surface area contributed by atoms with Crippen molar-refractivity contribution in [3.63, 3.8) is 0 Å². The van der Waals surface area contributed by atoms with Crippen molar-refractivity contribution in [2.45, 2.75) is 50.3 Å². The minimum absolute atomic E-state index is 0.165. The largest absolute Gasteiger partial charge is 0.375 e. The van der Waals surface area contributed by atoms with Gasteiger partial charge >= 0.3 is 0 Å². The minimum Gasteiger partial charge on any atom is -0.375 e. The van der Waals surface area contributed by atoms with E-state index in [-0.39, 0.29) is 5.60 Å². The van der Waals surface area contributed by atoms with Crippen LogP contribution in [0.15, 0.2) is 28.7 Å². The van der Waals surface area contributed by atoms with E-state index < -0.39 is 0 Å². The van der Waals surface area contributed by atoms with Gasteiger partial charge in [0.25, 0.3) is 0 Å². The van der Waals surface area contributed by atoms with Gasteiger partial charge in [-0.15, -0.1) is 0 Å². The summed E-state index contributed by atoms with van der Waals surface area (Å²) < 4.78 is 7.34. The standard InChI is InChI=1S/C17H24BrNOS/c1-13(14-3-2-4-15(18)11-14)19-16-5-8-20-17(12-16)6-9-21-10-7-17/h2-4,11,13,16,19H,5-10,12H2,1H3. The number of thioether (sulfide) groups is 1. The fourth-order valence-electron chi connectivity index (χ4n) is 3.49. The van der Waals surface area contributed by atoms with Crippen LogP contribution in [-0.2, 0) is 4.74 Å². The fraction of sp³-hybridized carbons (Fsp3) is 0.647. The van der Waals surface area contributed by atoms with Gasteiger partial charge in [-0.3, -0.25) is 0 Å². The molecule has 2 atom stereocenters. The van der Waals surface area contributed by atoms with E-state index in [9.17, 15) is 0 Å². The zero-order valence-corrected chi connectivity index (χ0v) is 15.0. The van der Waals surface area contributed by atoms with Crippen LogP contribution < -0.4 is 5.32 Å². The molecule has 2 unspecified atom stereocenters. The smallest absolute Gasteiger partial charge is 0.0713 e. The van der Waals surface area contributed by atoms with E-state index in [1.54, 1.807) is 0 Å². The predicted molar refractivity (Wildman–Crippen MR) is 94.0 cm³/mol. The molecule has 1 aromatic rings. The molecule has 0 bridgehead atoms. The Morgan fingerprint density at radius 2 is 2.19 bits per heavy atom. The molecule has 0 aliphatic carbocycles. The first-order valence-electron chi connectivity index (χ1n) is 7.90. The summed E-state index contributed by atoms with van der Waals surface area (Å²) >= 11 is 5.63. The Balaban J connectivity index is 1.61. The molecule has 2 fully saturated rings. The number of nitrogens with one attached hydrogen (secondary N) is 1. The number of hydrogen-bond donors (Lipinski definition) is 1. The first-order chi connectivity index (χ1) is 10.2. The summed E-state index contributed by atoms with van der Waals surface area (Å²) in [7, 11) is 0. The van der Waals surface area contributed by atoms with Crippen molar-refractivity contribution in [2.75, 3.05) is 18.1 Å². The Morgan fingerprint density at radius 1 is 1.38 bits per heavy atom. The lowest BCUT2D eigenvalue weighted by Crippen LogP contribution is -2.49. The third kappa shape index (κ3) is 4.04. The zero-order valence-electron chi connectivity index (χ0n) is 12.6. The third-order valence-electron chi connectivity index (χ3n) is 4.73. The van der Waals surface area contributed by atoms with Crippen molar-refractivity contribution >= 4 is 27.7 Å². The van der Waals surface area contributed by atoms with Crippen molar-refractivity contribution in [3.05, 3.63) is 34.3 Å². The van der Waals surface area contributed by atoms with Crippen LogP contribution in [0.2, 0.25) is 0 Å². The quantitative estimate of drug-likeness (QED) is 0.844. The monoisotopic (exact) mass is 369 g/mol. The van der Waals surface area contributed by atoms with Crippen molar-refractivity contribution in [2.24, 2.45) is 0 Å². The van der Waals surface area contributed by atoms with Gasteiger partial charge in [0, 0.05) is 23.2 Å². The maximum Gasteiger partial charge on any atom is 0.0713 e. The Kier molecular flexibility index (Phi) is 5.31. The first kappa shape index (κ1) is 15.9. The van der Waals surface area contributed by atoms with Gasteiger partial charge in [0.15, 0.2) is 0 Å². The van der Waals surface area contributed by atoms with Crippen LogP contribution >= 0.6 is 27.7 Å². The molecule has 2 nitrogen and oxygen atoms in total. The summed E-state index contributed by atoms with van der Waals surface area (Å²) in [5.41, 5.74) is 1.52. The van der Waals surface area contributed by atoms with E-state index in [1.807, 2.05) is 0 Å². The minimum atomic E-state index is 0.165. The Hall–Kier alpha value is -0.0300. The summed E-state index contributed by atoms with van der Waals surface area (Å²) in [4.78, 5) is 0. The molecule has 2 saturated heterocycles. The highest BCUT2D eigenvalue weighted by atomic mass is 79.9. The lowest BCUT2D eigenvalue weighted by Gasteiger charge is -2.44. The fourth-order valence-corrected chi connectivity index (χ4v) is 5.14. The van der Waals surface area contributed by atoms with Crippen LogP contribution in [0.5, 0.6) is 0 Å². The third-order valence-corrected chi connectivity index (χ3v) is 6.21. The van der Waals surface area contributed by atoms with Crippen molar-refractivity contribution in [1.29, 1.82) is 0 Å². The first-order valence-corrected chi connectivity index (χ1v) is 9.85. The van der Waals surface area contributed by atoms with Crippen molar-refractivity contribution in [1.82, 2.24) is 5.32 Å². The molecule has 0 saturated carbocycles. The molecule has 1 spiro atoms. The SMILES string of the molecule is CC(NC1CCOC2(CCSCC2)C1)c1cccc(Br)c1.